The fraction of sp³-hybridized carbons (Fsp3) is 1.00. The van der Waals surface area contributed by atoms with Crippen LogP contribution in [0.15, 0.2) is 0 Å². The Labute approximate surface area is 119 Å². The van der Waals surface area contributed by atoms with Gasteiger partial charge in [-0.2, -0.15) is 0 Å². The van der Waals surface area contributed by atoms with Crippen LogP contribution in [0.2, 0.25) is 0 Å². The molecule has 1 N–H and O–H groups in total. The molecule has 116 valence electrons. The summed E-state index contributed by atoms with van der Waals surface area (Å²) in [6, 6.07) is 0.314. The number of likely N-dealkylation sites (N-methyl/N-ethyl adjacent to an activating group) is 1. The maximum atomic E-state index is 11.5. The van der Waals surface area contributed by atoms with Crippen molar-refractivity contribution in [3.63, 3.8) is 0 Å². The second-order valence-corrected chi connectivity index (χ2v) is 8.41. The monoisotopic (exact) mass is 292 g/mol. The molecule has 19 heavy (non-hydrogen) atoms. The minimum Gasteiger partial charge on any atom is -0.312 e. The molecule has 0 spiro atoms. The van der Waals surface area contributed by atoms with Crippen molar-refractivity contribution in [2.24, 2.45) is 0 Å². The van der Waals surface area contributed by atoms with Gasteiger partial charge in [0.2, 0.25) is 0 Å². The Hall–Kier alpha value is -0.130. The number of hydrogen-bond donors (Lipinski definition) is 1. The highest BCUT2D eigenvalue weighted by atomic mass is 32.2. The molecular weight excluding hydrogens is 260 g/mol. The van der Waals surface area contributed by atoms with E-state index in [2.05, 4.69) is 45.1 Å². The lowest BCUT2D eigenvalue weighted by atomic mass is 9.89. The van der Waals surface area contributed by atoms with Crippen LogP contribution >= 0.6 is 0 Å². The molecular formula is C14H32N2O2S. The summed E-state index contributed by atoms with van der Waals surface area (Å²) < 4.78 is 23.1. The summed E-state index contributed by atoms with van der Waals surface area (Å²) in [6.07, 6.45) is 2.71. The predicted molar refractivity (Wildman–Crippen MR) is 83.4 cm³/mol. The highest BCUT2D eigenvalue weighted by molar-refractivity contribution is 7.91. The SMILES string of the molecule is CCCNC(CCCS(=O)(=O)CC)C(C)(C)N(C)C. The topological polar surface area (TPSA) is 49.4 Å². The van der Waals surface area contributed by atoms with Gasteiger partial charge in [0, 0.05) is 17.3 Å². The van der Waals surface area contributed by atoms with Crippen molar-refractivity contribution in [1.82, 2.24) is 10.2 Å². The fourth-order valence-electron chi connectivity index (χ4n) is 1.99. The van der Waals surface area contributed by atoms with E-state index in [0.29, 0.717) is 11.8 Å². The molecule has 0 bridgehead atoms. The van der Waals surface area contributed by atoms with Crippen molar-refractivity contribution in [3.8, 4) is 0 Å². The number of nitrogens with one attached hydrogen (secondary N) is 1. The summed E-state index contributed by atoms with van der Waals surface area (Å²) in [5, 5.41) is 3.56. The molecule has 0 heterocycles. The van der Waals surface area contributed by atoms with Gasteiger partial charge in [0.1, 0.15) is 9.84 Å². The standard InChI is InChI=1S/C14H32N2O2S/c1-7-11-15-13(14(3,4)16(5)6)10-9-12-19(17,18)8-2/h13,15H,7-12H2,1-6H3. The number of nitrogens with zero attached hydrogens (tertiary/aromatic N) is 1. The molecule has 1 unspecified atom stereocenters. The van der Waals surface area contributed by atoms with Crippen LogP contribution in [-0.2, 0) is 9.84 Å². The summed E-state index contributed by atoms with van der Waals surface area (Å²) >= 11 is 0. The first-order valence-electron chi connectivity index (χ1n) is 7.28. The predicted octanol–water partition coefficient (Wildman–Crippen LogP) is 1.91. The first-order valence-corrected chi connectivity index (χ1v) is 9.10. The molecule has 0 aromatic rings. The minimum atomic E-state index is -2.84. The normalized spacial score (nSPS) is 14.9. The van der Waals surface area contributed by atoms with E-state index in [1.807, 2.05) is 0 Å². The third-order valence-corrected chi connectivity index (χ3v) is 5.82. The van der Waals surface area contributed by atoms with E-state index in [4.69, 9.17) is 0 Å². The molecule has 0 saturated carbocycles. The van der Waals surface area contributed by atoms with Gasteiger partial charge in [0.25, 0.3) is 0 Å². The van der Waals surface area contributed by atoms with Crippen LogP contribution in [0.25, 0.3) is 0 Å². The zero-order valence-electron chi connectivity index (χ0n) is 13.5. The fourth-order valence-corrected chi connectivity index (χ4v) is 2.88. The molecule has 0 aliphatic rings. The van der Waals surface area contributed by atoms with Gasteiger partial charge in [-0.1, -0.05) is 13.8 Å². The first kappa shape index (κ1) is 18.9. The largest absolute Gasteiger partial charge is 0.312 e. The second-order valence-electron chi connectivity index (χ2n) is 5.93. The van der Waals surface area contributed by atoms with Crippen molar-refractivity contribution >= 4 is 9.84 Å². The van der Waals surface area contributed by atoms with E-state index in [-0.39, 0.29) is 11.3 Å². The molecule has 0 radical (unpaired) electrons. The van der Waals surface area contributed by atoms with Crippen molar-refractivity contribution in [2.45, 2.75) is 58.5 Å². The van der Waals surface area contributed by atoms with Gasteiger partial charge in [-0.25, -0.2) is 8.42 Å². The molecule has 0 aliphatic heterocycles. The lowest BCUT2D eigenvalue weighted by molar-refractivity contribution is 0.132. The van der Waals surface area contributed by atoms with Gasteiger partial charge in [0.15, 0.2) is 0 Å². The van der Waals surface area contributed by atoms with Gasteiger partial charge in [-0.3, -0.25) is 0 Å². The van der Waals surface area contributed by atoms with Gasteiger partial charge in [0.05, 0.1) is 5.75 Å². The maximum absolute atomic E-state index is 11.5. The summed E-state index contributed by atoms with van der Waals surface area (Å²) in [4.78, 5) is 2.20. The van der Waals surface area contributed by atoms with Crippen LogP contribution in [0.5, 0.6) is 0 Å². The number of hydrogen-bond acceptors (Lipinski definition) is 4. The Morgan fingerprint density at radius 3 is 2.21 bits per heavy atom. The molecule has 0 aliphatic carbocycles. The van der Waals surface area contributed by atoms with Crippen LogP contribution in [0.1, 0.15) is 47.0 Å². The van der Waals surface area contributed by atoms with Crippen molar-refractivity contribution in [3.05, 3.63) is 0 Å². The highest BCUT2D eigenvalue weighted by Crippen LogP contribution is 2.20. The number of rotatable bonds is 10. The highest BCUT2D eigenvalue weighted by Gasteiger charge is 2.30. The van der Waals surface area contributed by atoms with E-state index in [9.17, 15) is 8.42 Å². The molecule has 0 amide bonds. The van der Waals surface area contributed by atoms with Crippen molar-refractivity contribution < 1.29 is 8.42 Å². The maximum Gasteiger partial charge on any atom is 0.150 e. The Morgan fingerprint density at radius 2 is 1.79 bits per heavy atom. The second kappa shape index (κ2) is 8.22. The van der Waals surface area contributed by atoms with Gasteiger partial charge >= 0.3 is 0 Å². The van der Waals surface area contributed by atoms with Gasteiger partial charge < -0.3 is 10.2 Å². The van der Waals surface area contributed by atoms with E-state index >= 15 is 0 Å². The van der Waals surface area contributed by atoms with Crippen LogP contribution in [0.3, 0.4) is 0 Å². The van der Waals surface area contributed by atoms with Crippen molar-refractivity contribution in [1.29, 1.82) is 0 Å². The molecule has 4 nitrogen and oxygen atoms in total. The molecule has 0 fully saturated rings. The van der Waals surface area contributed by atoms with Gasteiger partial charge in [-0.05, 0) is 53.8 Å². The number of sulfone groups is 1. The first-order chi connectivity index (χ1) is 8.67. The molecule has 0 aromatic heterocycles. The molecule has 1 atom stereocenters. The van der Waals surface area contributed by atoms with Gasteiger partial charge in [-0.15, -0.1) is 0 Å². The average Bonchev–Trinajstić information content (AvgIpc) is 2.32. The Bertz CT molecular complexity index is 337. The Morgan fingerprint density at radius 1 is 1.21 bits per heavy atom. The minimum absolute atomic E-state index is 0.0190. The molecule has 5 heteroatoms. The molecule has 0 saturated heterocycles. The lowest BCUT2D eigenvalue weighted by Crippen LogP contribution is -2.55. The lowest BCUT2D eigenvalue weighted by Gasteiger charge is -2.41. The Kier molecular flexibility index (Phi) is 8.17. The van der Waals surface area contributed by atoms with E-state index in [0.717, 1.165) is 25.8 Å². The van der Waals surface area contributed by atoms with E-state index in [1.54, 1.807) is 6.92 Å². The van der Waals surface area contributed by atoms with Crippen LogP contribution in [0.4, 0.5) is 0 Å². The average molecular weight is 292 g/mol. The third-order valence-electron chi connectivity index (χ3n) is 4.03. The summed E-state index contributed by atoms with van der Waals surface area (Å²) in [5.74, 6) is 0.550. The third kappa shape index (κ3) is 6.72. The van der Waals surface area contributed by atoms with Crippen LogP contribution in [0, 0.1) is 0 Å². The molecule has 0 rings (SSSR count). The zero-order valence-corrected chi connectivity index (χ0v) is 14.3. The quantitative estimate of drug-likeness (QED) is 0.668. The molecule has 0 aromatic carbocycles. The van der Waals surface area contributed by atoms with Crippen LogP contribution in [-0.4, -0.2) is 57.0 Å². The summed E-state index contributed by atoms with van der Waals surface area (Å²) in [7, 11) is 1.30. The summed E-state index contributed by atoms with van der Waals surface area (Å²) in [5.41, 5.74) is 0.0190. The van der Waals surface area contributed by atoms with Crippen molar-refractivity contribution in [2.75, 3.05) is 32.1 Å². The summed E-state index contributed by atoms with van der Waals surface area (Å²) in [6.45, 7) is 9.24. The van der Waals surface area contributed by atoms with E-state index in [1.165, 1.54) is 0 Å². The Balaban J connectivity index is 4.53. The smallest absolute Gasteiger partial charge is 0.150 e. The van der Waals surface area contributed by atoms with Crippen LogP contribution < -0.4 is 5.32 Å². The zero-order chi connectivity index (χ0) is 15.1. The van der Waals surface area contributed by atoms with E-state index < -0.39 is 9.84 Å².